The van der Waals surface area contributed by atoms with Crippen LogP contribution in [0.3, 0.4) is 0 Å². The van der Waals surface area contributed by atoms with Crippen molar-refractivity contribution in [2.75, 3.05) is 5.73 Å². The first-order chi connectivity index (χ1) is 7.65. The second-order valence-corrected chi connectivity index (χ2v) is 7.14. The predicted octanol–water partition coefficient (Wildman–Crippen LogP) is 3.79. The Kier molecular flexibility index (Phi) is 2.49. The van der Waals surface area contributed by atoms with Gasteiger partial charge in [-0.3, -0.25) is 0 Å². The third-order valence-electron chi connectivity index (χ3n) is 3.13. The average Bonchev–Trinajstić information content (AvgIpc) is 2.54. The summed E-state index contributed by atoms with van der Waals surface area (Å²) < 4.78 is 0.650. The number of hydrogen-bond acceptors (Lipinski definition) is 5. The molecule has 0 spiro atoms. The molecule has 1 aliphatic carbocycles. The van der Waals surface area contributed by atoms with Gasteiger partial charge in [0.2, 0.25) is 0 Å². The van der Waals surface area contributed by atoms with Crippen molar-refractivity contribution in [2.24, 2.45) is 5.92 Å². The van der Waals surface area contributed by atoms with Crippen LogP contribution in [-0.2, 0) is 12.8 Å². The average molecular weight is 268 g/mol. The van der Waals surface area contributed by atoms with E-state index in [-0.39, 0.29) is 0 Å². The van der Waals surface area contributed by atoms with Gasteiger partial charge in [0, 0.05) is 10.3 Å². The number of nitrogens with two attached hydrogens (primary N) is 1. The summed E-state index contributed by atoms with van der Waals surface area (Å²) in [5.74, 6) is 0.786. The number of thiophene rings is 1. The zero-order chi connectivity index (χ0) is 11.3. The van der Waals surface area contributed by atoms with Crippen molar-refractivity contribution in [3.8, 4) is 0 Å². The van der Waals surface area contributed by atoms with Crippen LogP contribution in [0.25, 0.3) is 10.2 Å². The predicted molar refractivity (Wildman–Crippen MR) is 73.9 cm³/mol. The molecule has 0 fully saturated rings. The maximum atomic E-state index is 6.08. The fourth-order valence-electron chi connectivity index (χ4n) is 2.32. The number of fused-ring (bicyclic) bond motifs is 3. The van der Waals surface area contributed by atoms with Crippen molar-refractivity contribution in [3.63, 3.8) is 0 Å². The molecule has 0 bridgehead atoms. The Morgan fingerprint density at radius 2 is 2.25 bits per heavy atom. The van der Waals surface area contributed by atoms with E-state index in [1.807, 2.05) is 0 Å². The Morgan fingerprint density at radius 1 is 1.44 bits per heavy atom. The van der Waals surface area contributed by atoms with Crippen molar-refractivity contribution in [3.05, 3.63) is 14.4 Å². The highest BCUT2D eigenvalue weighted by molar-refractivity contribution is 7.73. The summed E-state index contributed by atoms with van der Waals surface area (Å²) in [5.41, 5.74) is 7.52. The van der Waals surface area contributed by atoms with Gasteiger partial charge in [-0.25, -0.2) is 4.98 Å². The molecule has 2 nitrogen and oxygen atoms in total. The highest BCUT2D eigenvalue weighted by Crippen LogP contribution is 2.40. The molecule has 84 valence electrons. The van der Waals surface area contributed by atoms with E-state index in [1.54, 1.807) is 11.3 Å². The van der Waals surface area contributed by atoms with Gasteiger partial charge in [-0.05, 0) is 43.0 Å². The molecule has 2 heterocycles. The maximum absolute atomic E-state index is 6.08. The monoisotopic (exact) mass is 268 g/mol. The van der Waals surface area contributed by atoms with Crippen LogP contribution >= 0.6 is 34.9 Å². The van der Waals surface area contributed by atoms with Crippen LogP contribution in [0.2, 0.25) is 0 Å². The minimum absolute atomic E-state index is 0.650. The van der Waals surface area contributed by atoms with Crippen LogP contribution in [0.5, 0.6) is 0 Å². The summed E-state index contributed by atoms with van der Waals surface area (Å²) >= 11 is 8.33. The fourth-order valence-corrected chi connectivity index (χ4v) is 4.91. The molecule has 0 radical (unpaired) electrons. The topological polar surface area (TPSA) is 38.9 Å². The van der Waals surface area contributed by atoms with E-state index < -0.39 is 0 Å². The van der Waals surface area contributed by atoms with Crippen molar-refractivity contribution < 1.29 is 0 Å². The molecule has 0 saturated heterocycles. The number of nitrogens with zero attached hydrogens (tertiary/aromatic N) is 1. The van der Waals surface area contributed by atoms with Crippen LogP contribution < -0.4 is 5.73 Å². The van der Waals surface area contributed by atoms with Crippen molar-refractivity contribution in [1.29, 1.82) is 0 Å². The third-order valence-corrected chi connectivity index (χ3v) is 5.31. The molecule has 2 aromatic heterocycles. The van der Waals surface area contributed by atoms with Crippen LogP contribution in [0.1, 0.15) is 23.8 Å². The molecule has 16 heavy (non-hydrogen) atoms. The Hall–Kier alpha value is -0.520. The lowest BCUT2D eigenvalue weighted by atomic mass is 9.89. The van der Waals surface area contributed by atoms with Gasteiger partial charge in [0.05, 0.1) is 5.00 Å². The first-order valence-corrected chi connectivity index (χ1v) is 7.40. The van der Waals surface area contributed by atoms with E-state index in [0.29, 0.717) is 3.95 Å². The minimum Gasteiger partial charge on any atom is -0.390 e. The van der Waals surface area contributed by atoms with Gasteiger partial charge in [-0.2, -0.15) is 0 Å². The van der Waals surface area contributed by atoms with Gasteiger partial charge in [0.15, 0.2) is 3.95 Å². The standard InChI is InChI=1S/C11H12N2S3/c1-5-2-3-6-7(4-5)15-10-8(6)9(12)16-11(14)13-10/h5H,2-4,12H2,1H3/t5-/m0/s1. The summed E-state index contributed by atoms with van der Waals surface area (Å²) in [6.45, 7) is 2.31. The molecule has 0 unspecified atom stereocenters. The molecular formula is C11H12N2S3. The van der Waals surface area contributed by atoms with E-state index in [9.17, 15) is 0 Å². The fraction of sp³-hybridized carbons (Fsp3) is 0.455. The summed E-state index contributed by atoms with van der Waals surface area (Å²) in [4.78, 5) is 6.95. The van der Waals surface area contributed by atoms with Gasteiger partial charge in [0.25, 0.3) is 0 Å². The summed E-state index contributed by atoms with van der Waals surface area (Å²) in [7, 11) is 0. The number of rotatable bonds is 0. The summed E-state index contributed by atoms with van der Waals surface area (Å²) in [6, 6.07) is 0. The molecule has 1 atom stereocenters. The van der Waals surface area contributed by atoms with Crippen molar-refractivity contribution in [1.82, 2.24) is 4.98 Å². The van der Waals surface area contributed by atoms with Gasteiger partial charge in [-0.1, -0.05) is 18.3 Å². The van der Waals surface area contributed by atoms with Gasteiger partial charge >= 0.3 is 0 Å². The summed E-state index contributed by atoms with van der Waals surface area (Å²) in [5, 5.41) is 2.03. The molecule has 0 amide bonds. The Balaban J connectivity index is 2.33. The first-order valence-electron chi connectivity index (χ1n) is 5.36. The van der Waals surface area contributed by atoms with Crippen LogP contribution in [0.4, 0.5) is 5.00 Å². The minimum atomic E-state index is 0.650. The molecule has 2 aromatic rings. The quantitative estimate of drug-likeness (QED) is 0.739. The molecule has 0 saturated carbocycles. The lowest BCUT2D eigenvalue weighted by Crippen LogP contribution is -2.08. The molecule has 2 N–H and O–H groups in total. The van der Waals surface area contributed by atoms with Gasteiger partial charge in [-0.15, -0.1) is 11.3 Å². The second kappa shape index (κ2) is 3.75. The number of anilines is 1. The number of hydrogen-bond donors (Lipinski definition) is 1. The lowest BCUT2D eigenvalue weighted by molar-refractivity contribution is 0.509. The lowest BCUT2D eigenvalue weighted by Gasteiger charge is -2.17. The van der Waals surface area contributed by atoms with Crippen molar-refractivity contribution >= 4 is 50.1 Å². The molecule has 5 heteroatoms. The van der Waals surface area contributed by atoms with E-state index in [0.717, 1.165) is 22.2 Å². The molecular weight excluding hydrogens is 256 g/mol. The molecule has 0 aromatic carbocycles. The second-order valence-electron chi connectivity index (χ2n) is 4.38. The molecule has 1 aliphatic rings. The summed E-state index contributed by atoms with van der Waals surface area (Å²) in [6.07, 6.45) is 3.58. The number of nitrogen functional groups attached to an aromatic ring is 1. The van der Waals surface area contributed by atoms with Crippen LogP contribution in [0.15, 0.2) is 0 Å². The number of aryl methyl sites for hydroxylation is 1. The highest BCUT2D eigenvalue weighted by atomic mass is 32.1. The third kappa shape index (κ3) is 1.58. The first kappa shape index (κ1) is 10.6. The highest BCUT2D eigenvalue weighted by Gasteiger charge is 2.22. The number of aromatic nitrogens is 1. The van der Waals surface area contributed by atoms with Gasteiger partial charge < -0.3 is 5.73 Å². The van der Waals surface area contributed by atoms with E-state index >= 15 is 0 Å². The van der Waals surface area contributed by atoms with E-state index in [2.05, 4.69) is 11.9 Å². The molecule has 0 aliphatic heterocycles. The normalized spacial score (nSPS) is 19.9. The largest absolute Gasteiger partial charge is 0.390 e. The maximum Gasteiger partial charge on any atom is 0.183 e. The Labute approximate surface area is 107 Å². The van der Waals surface area contributed by atoms with Crippen molar-refractivity contribution in [2.45, 2.75) is 26.2 Å². The van der Waals surface area contributed by atoms with Crippen LogP contribution in [-0.4, -0.2) is 4.98 Å². The Bertz CT molecular complexity index is 611. The van der Waals surface area contributed by atoms with Crippen LogP contribution in [0, 0.1) is 9.87 Å². The molecule has 3 rings (SSSR count). The zero-order valence-corrected chi connectivity index (χ0v) is 11.4. The zero-order valence-electron chi connectivity index (χ0n) is 8.95. The van der Waals surface area contributed by atoms with E-state index in [1.165, 1.54) is 40.0 Å². The van der Waals surface area contributed by atoms with E-state index in [4.69, 9.17) is 18.0 Å². The SMILES string of the molecule is C[C@H]1CCc2c(sc3nc(=S)sc(N)c23)C1. The smallest absolute Gasteiger partial charge is 0.183 e. The Morgan fingerprint density at radius 3 is 3.06 bits per heavy atom. The van der Waals surface area contributed by atoms with Gasteiger partial charge in [0.1, 0.15) is 4.83 Å².